The molecule has 1 unspecified atom stereocenters. The fraction of sp³-hybridized carbons (Fsp3) is 0.200. The molecule has 2 rings (SSSR count). The maximum atomic E-state index is 13.9. The number of nitrogens with two attached hydrogens (primary N) is 1. The van der Waals surface area contributed by atoms with Crippen LogP contribution in [0.3, 0.4) is 0 Å². The number of halogens is 2. The molecule has 0 aliphatic rings. The molecule has 2 aromatic carbocycles. The summed E-state index contributed by atoms with van der Waals surface area (Å²) < 4.78 is 13.9. The Labute approximate surface area is 117 Å². The Kier molecular flexibility index (Phi) is 4.08. The van der Waals surface area contributed by atoms with E-state index >= 15 is 0 Å². The summed E-state index contributed by atoms with van der Waals surface area (Å²) in [5.74, 6) is -0.379. The smallest absolute Gasteiger partial charge is 0.129 e. The lowest BCUT2D eigenvalue weighted by Crippen LogP contribution is -2.15. The molecule has 2 aromatic rings. The molecular formula is C15H16ClFN2. The van der Waals surface area contributed by atoms with Crippen LogP contribution in [0.1, 0.15) is 17.2 Å². The first-order chi connectivity index (χ1) is 8.99. The highest BCUT2D eigenvalue weighted by Gasteiger charge is 2.14. The first kappa shape index (κ1) is 13.8. The van der Waals surface area contributed by atoms with Crippen molar-refractivity contribution in [1.82, 2.24) is 0 Å². The van der Waals surface area contributed by atoms with E-state index in [1.54, 1.807) is 12.1 Å². The average molecular weight is 279 g/mol. The SMILES string of the molecule is CN(C)c1cccc(C(N)c2ccc(Cl)cc2F)c1. The van der Waals surface area contributed by atoms with Gasteiger partial charge in [-0.25, -0.2) is 4.39 Å². The van der Waals surface area contributed by atoms with Gasteiger partial charge in [0.2, 0.25) is 0 Å². The Morgan fingerprint density at radius 1 is 1.16 bits per heavy atom. The molecule has 0 radical (unpaired) electrons. The molecule has 2 nitrogen and oxygen atoms in total. The number of benzene rings is 2. The van der Waals surface area contributed by atoms with Gasteiger partial charge in [0.05, 0.1) is 6.04 Å². The van der Waals surface area contributed by atoms with Crippen molar-refractivity contribution >= 4 is 17.3 Å². The lowest BCUT2D eigenvalue weighted by molar-refractivity contribution is 0.600. The quantitative estimate of drug-likeness (QED) is 0.930. The molecule has 0 bridgehead atoms. The standard InChI is InChI=1S/C15H16ClFN2/c1-19(2)12-5-3-4-10(8-12)15(18)13-7-6-11(16)9-14(13)17/h3-9,15H,18H2,1-2H3. The molecule has 4 heteroatoms. The molecule has 19 heavy (non-hydrogen) atoms. The van der Waals surface area contributed by atoms with Crippen LogP contribution in [0.25, 0.3) is 0 Å². The van der Waals surface area contributed by atoms with E-state index in [-0.39, 0.29) is 5.82 Å². The van der Waals surface area contributed by atoms with Gasteiger partial charge in [0.15, 0.2) is 0 Å². The number of anilines is 1. The van der Waals surface area contributed by atoms with Crippen LogP contribution in [0.2, 0.25) is 5.02 Å². The summed E-state index contributed by atoms with van der Waals surface area (Å²) in [5.41, 5.74) is 8.48. The van der Waals surface area contributed by atoms with Gasteiger partial charge in [-0.15, -0.1) is 0 Å². The molecule has 0 fully saturated rings. The largest absolute Gasteiger partial charge is 0.378 e. The zero-order valence-corrected chi connectivity index (χ0v) is 11.7. The van der Waals surface area contributed by atoms with Crippen molar-refractivity contribution in [3.63, 3.8) is 0 Å². The molecule has 0 aliphatic heterocycles. The lowest BCUT2D eigenvalue weighted by Gasteiger charge is -2.18. The summed E-state index contributed by atoms with van der Waals surface area (Å²) in [4.78, 5) is 1.98. The van der Waals surface area contributed by atoms with E-state index in [1.165, 1.54) is 6.07 Å². The normalized spacial score (nSPS) is 12.3. The van der Waals surface area contributed by atoms with Gasteiger partial charge in [0.25, 0.3) is 0 Å². The molecule has 0 aliphatic carbocycles. The number of hydrogen-bond donors (Lipinski definition) is 1. The van der Waals surface area contributed by atoms with Gasteiger partial charge in [-0.3, -0.25) is 0 Å². The van der Waals surface area contributed by atoms with E-state index in [1.807, 2.05) is 43.3 Å². The van der Waals surface area contributed by atoms with E-state index in [0.717, 1.165) is 11.3 Å². The van der Waals surface area contributed by atoms with Crippen molar-refractivity contribution in [2.45, 2.75) is 6.04 Å². The molecule has 2 N–H and O–H groups in total. The van der Waals surface area contributed by atoms with Crippen LogP contribution in [-0.2, 0) is 0 Å². The van der Waals surface area contributed by atoms with Gasteiger partial charge < -0.3 is 10.6 Å². The van der Waals surface area contributed by atoms with Gasteiger partial charge in [-0.2, -0.15) is 0 Å². The van der Waals surface area contributed by atoms with Crippen LogP contribution < -0.4 is 10.6 Å². The Bertz CT molecular complexity index is 584. The second kappa shape index (κ2) is 5.59. The van der Waals surface area contributed by atoms with Crippen molar-refractivity contribution in [1.29, 1.82) is 0 Å². The second-order valence-corrected chi connectivity index (χ2v) is 5.07. The van der Waals surface area contributed by atoms with Gasteiger partial charge in [0, 0.05) is 30.4 Å². The molecule has 0 aromatic heterocycles. The molecule has 0 heterocycles. The predicted octanol–water partition coefficient (Wildman–Crippen LogP) is 3.59. The van der Waals surface area contributed by atoms with E-state index in [4.69, 9.17) is 17.3 Å². The molecule has 100 valence electrons. The maximum absolute atomic E-state index is 13.9. The van der Waals surface area contributed by atoms with Crippen molar-refractivity contribution in [2.24, 2.45) is 5.73 Å². The van der Waals surface area contributed by atoms with E-state index < -0.39 is 6.04 Å². The third-order valence-corrected chi connectivity index (χ3v) is 3.28. The minimum absolute atomic E-state index is 0.371. The fourth-order valence-corrected chi connectivity index (χ4v) is 2.09. The minimum Gasteiger partial charge on any atom is -0.378 e. The van der Waals surface area contributed by atoms with Gasteiger partial charge >= 0.3 is 0 Å². The Hall–Kier alpha value is -1.58. The van der Waals surface area contributed by atoms with E-state index in [0.29, 0.717) is 10.6 Å². The van der Waals surface area contributed by atoms with Crippen molar-refractivity contribution in [3.8, 4) is 0 Å². The van der Waals surface area contributed by atoms with Gasteiger partial charge in [-0.1, -0.05) is 29.8 Å². The Morgan fingerprint density at radius 3 is 2.53 bits per heavy atom. The van der Waals surface area contributed by atoms with Crippen LogP contribution in [0.5, 0.6) is 0 Å². The lowest BCUT2D eigenvalue weighted by atomic mass is 9.98. The number of nitrogens with zero attached hydrogens (tertiary/aromatic N) is 1. The average Bonchev–Trinajstić information content (AvgIpc) is 2.38. The number of hydrogen-bond acceptors (Lipinski definition) is 2. The molecule has 0 saturated heterocycles. The first-order valence-electron chi connectivity index (χ1n) is 5.97. The maximum Gasteiger partial charge on any atom is 0.129 e. The summed E-state index contributed by atoms with van der Waals surface area (Å²) in [6.07, 6.45) is 0. The molecule has 0 amide bonds. The van der Waals surface area contributed by atoms with Crippen molar-refractivity contribution < 1.29 is 4.39 Å². The Morgan fingerprint density at radius 2 is 1.89 bits per heavy atom. The topological polar surface area (TPSA) is 29.3 Å². The monoisotopic (exact) mass is 278 g/mol. The van der Waals surface area contributed by atoms with Gasteiger partial charge in [-0.05, 0) is 29.8 Å². The number of rotatable bonds is 3. The summed E-state index contributed by atoms with van der Waals surface area (Å²) in [5, 5.41) is 0.371. The highest BCUT2D eigenvalue weighted by molar-refractivity contribution is 6.30. The van der Waals surface area contributed by atoms with Crippen LogP contribution in [0, 0.1) is 5.82 Å². The molecule has 0 saturated carbocycles. The first-order valence-corrected chi connectivity index (χ1v) is 6.34. The zero-order chi connectivity index (χ0) is 14.0. The van der Waals surface area contributed by atoms with Crippen LogP contribution >= 0.6 is 11.6 Å². The van der Waals surface area contributed by atoms with Crippen LogP contribution in [0.15, 0.2) is 42.5 Å². The van der Waals surface area contributed by atoms with E-state index in [2.05, 4.69) is 0 Å². The highest BCUT2D eigenvalue weighted by atomic mass is 35.5. The zero-order valence-electron chi connectivity index (χ0n) is 10.9. The fourth-order valence-electron chi connectivity index (χ4n) is 1.93. The van der Waals surface area contributed by atoms with Crippen LogP contribution in [0.4, 0.5) is 10.1 Å². The Balaban J connectivity index is 2.38. The van der Waals surface area contributed by atoms with E-state index in [9.17, 15) is 4.39 Å². The summed E-state index contributed by atoms with van der Waals surface area (Å²) >= 11 is 5.75. The minimum atomic E-state index is -0.503. The molecule has 1 atom stereocenters. The van der Waals surface area contributed by atoms with Crippen molar-refractivity contribution in [2.75, 3.05) is 19.0 Å². The second-order valence-electron chi connectivity index (χ2n) is 4.63. The molecule has 0 spiro atoms. The predicted molar refractivity (Wildman–Crippen MR) is 78.2 cm³/mol. The summed E-state index contributed by atoms with van der Waals surface area (Å²) in [6, 6.07) is 11.8. The molecular weight excluding hydrogens is 263 g/mol. The third kappa shape index (κ3) is 3.06. The third-order valence-electron chi connectivity index (χ3n) is 3.04. The highest BCUT2D eigenvalue weighted by Crippen LogP contribution is 2.26. The van der Waals surface area contributed by atoms with Gasteiger partial charge in [0.1, 0.15) is 5.82 Å². The van der Waals surface area contributed by atoms with Crippen LogP contribution in [-0.4, -0.2) is 14.1 Å². The summed E-state index contributed by atoms with van der Waals surface area (Å²) in [7, 11) is 3.90. The van der Waals surface area contributed by atoms with Crippen molar-refractivity contribution in [3.05, 3.63) is 64.4 Å². The summed E-state index contributed by atoms with van der Waals surface area (Å²) in [6.45, 7) is 0.